The molecular formula is C16H23ClN2O3. The largest absolute Gasteiger partial charge is 0.395 e. The Kier molecular flexibility index (Phi) is 8.09. The molecule has 0 aliphatic carbocycles. The number of hydrogen-bond donors (Lipinski definition) is 1. The highest BCUT2D eigenvalue weighted by molar-refractivity contribution is 6.67. The molecule has 1 rings (SSSR count). The van der Waals surface area contributed by atoms with Crippen molar-refractivity contribution in [3.05, 3.63) is 35.4 Å². The first kappa shape index (κ1) is 18.6. The van der Waals surface area contributed by atoms with Gasteiger partial charge in [0.15, 0.2) is 0 Å². The summed E-state index contributed by atoms with van der Waals surface area (Å²) in [4.78, 5) is 27.2. The van der Waals surface area contributed by atoms with Gasteiger partial charge in [0.25, 0.3) is 11.1 Å². The predicted octanol–water partition coefficient (Wildman–Crippen LogP) is 1.84. The van der Waals surface area contributed by atoms with Gasteiger partial charge in [-0.25, -0.2) is 0 Å². The molecule has 0 fully saturated rings. The average Bonchev–Trinajstić information content (AvgIpc) is 2.52. The van der Waals surface area contributed by atoms with Crippen LogP contribution in [0.2, 0.25) is 0 Å². The highest BCUT2D eigenvalue weighted by Crippen LogP contribution is 2.10. The minimum atomic E-state index is -0.575. The molecule has 0 saturated heterocycles. The quantitative estimate of drug-likeness (QED) is 0.703. The highest BCUT2D eigenvalue weighted by atomic mass is 35.5. The molecule has 0 aliphatic rings. The van der Waals surface area contributed by atoms with E-state index in [-0.39, 0.29) is 12.5 Å². The Morgan fingerprint density at radius 3 is 2.41 bits per heavy atom. The minimum Gasteiger partial charge on any atom is -0.395 e. The van der Waals surface area contributed by atoms with Gasteiger partial charge in [-0.2, -0.15) is 0 Å². The van der Waals surface area contributed by atoms with Gasteiger partial charge < -0.3 is 10.0 Å². The Labute approximate surface area is 136 Å². The summed E-state index contributed by atoms with van der Waals surface area (Å²) in [5.74, 6) is -0.153. The summed E-state index contributed by atoms with van der Waals surface area (Å²) in [6.07, 6.45) is 0.998. The summed E-state index contributed by atoms with van der Waals surface area (Å²) in [7, 11) is 1.72. The van der Waals surface area contributed by atoms with E-state index < -0.39 is 5.24 Å². The van der Waals surface area contributed by atoms with E-state index in [2.05, 4.69) is 11.8 Å². The van der Waals surface area contributed by atoms with Crippen molar-refractivity contribution >= 4 is 22.8 Å². The number of aliphatic hydroxyl groups is 1. The molecule has 0 aromatic heterocycles. The Balaban J connectivity index is 2.64. The van der Waals surface area contributed by atoms with Gasteiger partial charge in [0.1, 0.15) is 0 Å². The molecule has 0 saturated carbocycles. The maximum Gasteiger partial charge on any atom is 0.253 e. The lowest BCUT2D eigenvalue weighted by atomic mass is 10.1. The van der Waals surface area contributed by atoms with Gasteiger partial charge in [-0.15, -0.1) is 0 Å². The van der Waals surface area contributed by atoms with Crippen LogP contribution in [0.15, 0.2) is 24.3 Å². The van der Waals surface area contributed by atoms with Crippen LogP contribution in [0.1, 0.15) is 34.1 Å². The fourth-order valence-corrected chi connectivity index (χ4v) is 2.30. The number of likely N-dealkylation sites (N-methyl/N-ethyl adjacent to an activating group) is 1. The number of carbonyl (C=O) groups excluding carboxylic acids is 2. The summed E-state index contributed by atoms with van der Waals surface area (Å²) < 4.78 is 0. The SMILES string of the molecule is CCCN(CCO)CCN(C)C(=O)c1cccc(C(=O)Cl)c1. The van der Waals surface area contributed by atoms with Gasteiger partial charge in [-0.3, -0.25) is 14.5 Å². The molecule has 0 aliphatic heterocycles. The highest BCUT2D eigenvalue weighted by Gasteiger charge is 2.14. The zero-order chi connectivity index (χ0) is 16.5. The van der Waals surface area contributed by atoms with Crippen molar-refractivity contribution in [2.24, 2.45) is 0 Å². The van der Waals surface area contributed by atoms with Gasteiger partial charge in [-0.1, -0.05) is 19.1 Å². The van der Waals surface area contributed by atoms with E-state index in [4.69, 9.17) is 16.7 Å². The monoisotopic (exact) mass is 326 g/mol. The number of hydrogen-bond acceptors (Lipinski definition) is 4. The number of rotatable bonds is 9. The second-order valence-corrected chi connectivity index (χ2v) is 5.49. The van der Waals surface area contributed by atoms with Crippen LogP contribution in [-0.4, -0.2) is 65.9 Å². The van der Waals surface area contributed by atoms with Gasteiger partial charge >= 0.3 is 0 Å². The molecule has 1 amide bonds. The summed E-state index contributed by atoms with van der Waals surface area (Å²) in [5.41, 5.74) is 0.756. The lowest BCUT2D eigenvalue weighted by Crippen LogP contribution is -2.38. The normalized spacial score (nSPS) is 10.8. The molecule has 1 N–H and O–H groups in total. The fraction of sp³-hybridized carbons (Fsp3) is 0.500. The van der Waals surface area contributed by atoms with Gasteiger partial charge in [0, 0.05) is 37.8 Å². The topological polar surface area (TPSA) is 60.9 Å². The Bertz CT molecular complexity index is 502. The zero-order valence-electron chi connectivity index (χ0n) is 13.1. The number of nitrogens with zero attached hydrogens (tertiary/aromatic N) is 2. The molecule has 0 atom stereocenters. The number of aliphatic hydroxyl groups excluding tert-OH is 1. The standard InChI is InChI=1S/C16H23ClN2O3/c1-3-7-19(10-11-20)9-8-18(2)16(22)14-6-4-5-13(12-14)15(17)21/h4-6,12,20H,3,7-11H2,1-2H3. The van der Waals surface area contributed by atoms with E-state index in [0.717, 1.165) is 13.0 Å². The van der Waals surface area contributed by atoms with E-state index in [0.29, 0.717) is 30.8 Å². The first-order valence-corrected chi connectivity index (χ1v) is 7.76. The van der Waals surface area contributed by atoms with Crippen molar-refractivity contribution in [3.63, 3.8) is 0 Å². The minimum absolute atomic E-state index is 0.109. The molecule has 22 heavy (non-hydrogen) atoms. The van der Waals surface area contributed by atoms with Crippen molar-refractivity contribution < 1.29 is 14.7 Å². The van der Waals surface area contributed by atoms with Crippen LogP contribution in [0.3, 0.4) is 0 Å². The Morgan fingerprint density at radius 2 is 1.82 bits per heavy atom. The smallest absolute Gasteiger partial charge is 0.253 e. The van der Waals surface area contributed by atoms with E-state index in [9.17, 15) is 9.59 Å². The van der Waals surface area contributed by atoms with Crippen LogP contribution in [0.4, 0.5) is 0 Å². The average molecular weight is 327 g/mol. The van der Waals surface area contributed by atoms with E-state index in [1.165, 1.54) is 6.07 Å². The van der Waals surface area contributed by atoms with E-state index in [1.54, 1.807) is 30.1 Å². The third-order valence-corrected chi connectivity index (χ3v) is 3.61. The van der Waals surface area contributed by atoms with Crippen LogP contribution < -0.4 is 0 Å². The number of carbonyl (C=O) groups is 2. The second kappa shape index (κ2) is 9.56. The van der Waals surface area contributed by atoms with Crippen LogP contribution in [-0.2, 0) is 0 Å². The molecule has 0 heterocycles. The number of halogens is 1. The lowest BCUT2D eigenvalue weighted by Gasteiger charge is -2.24. The predicted molar refractivity (Wildman–Crippen MR) is 87.4 cm³/mol. The molecule has 0 bridgehead atoms. The third kappa shape index (κ3) is 5.75. The van der Waals surface area contributed by atoms with E-state index in [1.807, 2.05) is 0 Å². The van der Waals surface area contributed by atoms with Crippen LogP contribution in [0, 0.1) is 0 Å². The molecule has 1 aromatic carbocycles. The van der Waals surface area contributed by atoms with Crippen LogP contribution in [0.25, 0.3) is 0 Å². The molecule has 6 heteroatoms. The summed E-state index contributed by atoms with van der Waals surface area (Å²) in [6.45, 7) is 4.93. The molecular weight excluding hydrogens is 304 g/mol. The molecule has 0 unspecified atom stereocenters. The Morgan fingerprint density at radius 1 is 1.14 bits per heavy atom. The third-order valence-electron chi connectivity index (χ3n) is 3.39. The summed E-state index contributed by atoms with van der Waals surface area (Å²) >= 11 is 5.44. The maximum absolute atomic E-state index is 12.4. The Hall–Kier alpha value is -1.43. The van der Waals surface area contributed by atoms with Crippen molar-refractivity contribution in [1.29, 1.82) is 0 Å². The van der Waals surface area contributed by atoms with Crippen molar-refractivity contribution in [1.82, 2.24) is 9.80 Å². The van der Waals surface area contributed by atoms with Gasteiger partial charge in [0.2, 0.25) is 0 Å². The number of benzene rings is 1. The zero-order valence-corrected chi connectivity index (χ0v) is 13.8. The molecule has 0 spiro atoms. The van der Waals surface area contributed by atoms with Gasteiger partial charge in [0.05, 0.1) is 6.61 Å². The first-order valence-electron chi connectivity index (χ1n) is 7.38. The molecule has 1 aromatic rings. The van der Waals surface area contributed by atoms with E-state index >= 15 is 0 Å². The summed E-state index contributed by atoms with van der Waals surface area (Å²) in [6, 6.07) is 6.40. The fourth-order valence-electron chi connectivity index (χ4n) is 2.18. The van der Waals surface area contributed by atoms with Crippen molar-refractivity contribution in [2.75, 3.05) is 39.8 Å². The van der Waals surface area contributed by atoms with Gasteiger partial charge in [-0.05, 0) is 36.7 Å². The first-order chi connectivity index (χ1) is 10.5. The number of amides is 1. The maximum atomic E-state index is 12.4. The second-order valence-electron chi connectivity index (χ2n) is 5.15. The lowest BCUT2D eigenvalue weighted by molar-refractivity contribution is 0.0773. The molecule has 5 nitrogen and oxygen atoms in total. The van der Waals surface area contributed by atoms with Crippen LogP contribution >= 0.6 is 11.6 Å². The van der Waals surface area contributed by atoms with Crippen molar-refractivity contribution in [3.8, 4) is 0 Å². The molecule has 0 radical (unpaired) electrons. The van der Waals surface area contributed by atoms with Crippen LogP contribution in [0.5, 0.6) is 0 Å². The summed E-state index contributed by atoms with van der Waals surface area (Å²) in [5, 5.41) is 8.46. The van der Waals surface area contributed by atoms with Crippen molar-refractivity contribution in [2.45, 2.75) is 13.3 Å². The molecule has 122 valence electrons.